The van der Waals surface area contributed by atoms with E-state index in [9.17, 15) is 8.42 Å². The van der Waals surface area contributed by atoms with Gasteiger partial charge in [0.1, 0.15) is 0 Å². The maximum absolute atomic E-state index is 11.9. The fourth-order valence-corrected chi connectivity index (χ4v) is 3.92. The fraction of sp³-hybridized carbons (Fsp3) is 1.00. The van der Waals surface area contributed by atoms with E-state index in [1.165, 1.54) is 0 Å². The molecule has 3 nitrogen and oxygen atoms in total. The Morgan fingerprint density at radius 1 is 1.36 bits per heavy atom. The number of nitrogens with zero attached hydrogens (tertiary/aromatic N) is 1. The third-order valence-electron chi connectivity index (χ3n) is 2.40. The van der Waals surface area contributed by atoms with Crippen LogP contribution < -0.4 is 0 Å². The molecule has 0 radical (unpaired) electrons. The first-order valence-electron chi connectivity index (χ1n) is 5.17. The fourth-order valence-electron chi connectivity index (χ4n) is 1.37. The molecule has 1 rings (SSSR count). The van der Waals surface area contributed by atoms with Gasteiger partial charge in [-0.2, -0.15) is 0 Å². The smallest absolute Gasteiger partial charge is 0.212 e. The van der Waals surface area contributed by atoms with Crippen molar-refractivity contribution in [3.8, 4) is 0 Å². The second-order valence-electron chi connectivity index (χ2n) is 3.69. The molecule has 0 spiro atoms. The van der Waals surface area contributed by atoms with Crippen LogP contribution in [0, 0.1) is 0 Å². The minimum absolute atomic E-state index is 0.0709. The molecule has 0 aromatic heterocycles. The maximum atomic E-state index is 11.9. The second-order valence-corrected chi connectivity index (χ2v) is 6.69. The van der Waals surface area contributed by atoms with Crippen LogP contribution in [-0.2, 0) is 10.0 Å². The molecule has 0 unspecified atom stereocenters. The van der Waals surface area contributed by atoms with Gasteiger partial charge >= 0.3 is 0 Å². The van der Waals surface area contributed by atoms with Gasteiger partial charge in [-0.15, -0.1) is 0 Å². The Bertz CT molecular complexity index is 262. The lowest BCUT2D eigenvalue weighted by Gasteiger charge is -2.20. The summed E-state index contributed by atoms with van der Waals surface area (Å²) >= 11 is 3.30. The summed E-state index contributed by atoms with van der Waals surface area (Å²) in [4.78, 5) is 0. The summed E-state index contributed by atoms with van der Waals surface area (Å²) < 4.78 is 25.4. The van der Waals surface area contributed by atoms with Crippen LogP contribution in [0.4, 0.5) is 0 Å². The molecule has 0 aromatic rings. The minimum Gasteiger partial charge on any atom is -0.212 e. The Hall–Kier alpha value is 0.390. The predicted molar refractivity (Wildman–Crippen MR) is 62.2 cm³/mol. The van der Waals surface area contributed by atoms with Gasteiger partial charge in [0, 0.05) is 18.4 Å². The predicted octanol–water partition coefficient (Wildman–Crippen LogP) is 1.98. The number of rotatable bonds is 7. The molecule has 0 atom stereocenters. The van der Waals surface area contributed by atoms with Gasteiger partial charge in [-0.1, -0.05) is 29.3 Å². The second kappa shape index (κ2) is 5.47. The first-order valence-corrected chi connectivity index (χ1v) is 7.80. The number of sulfonamides is 1. The standard InChI is InChI=1S/C9H18BrNO2S/c1-2-3-7-11(8-6-10)14(12,13)9-4-5-9/h9H,2-8H2,1H3. The van der Waals surface area contributed by atoms with E-state index in [2.05, 4.69) is 22.9 Å². The van der Waals surface area contributed by atoms with E-state index in [1.807, 2.05) is 0 Å². The van der Waals surface area contributed by atoms with Crippen molar-refractivity contribution < 1.29 is 8.42 Å². The maximum Gasteiger partial charge on any atom is 0.217 e. The van der Waals surface area contributed by atoms with Crippen LogP contribution in [0.2, 0.25) is 0 Å². The van der Waals surface area contributed by atoms with Crippen molar-refractivity contribution in [2.24, 2.45) is 0 Å². The lowest BCUT2D eigenvalue weighted by atomic mass is 10.3. The highest BCUT2D eigenvalue weighted by Gasteiger charge is 2.39. The van der Waals surface area contributed by atoms with Crippen molar-refractivity contribution in [1.82, 2.24) is 4.31 Å². The van der Waals surface area contributed by atoms with E-state index < -0.39 is 10.0 Å². The summed E-state index contributed by atoms with van der Waals surface area (Å²) in [5, 5.41) is 0.654. The molecule has 0 amide bonds. The van der Waals surface area contributed by atoms with E-state index in [-0.39, 0.29) is 5.25 Å². The molecule has 1 saturated carbocycles. The number of halogens is 1. The molecule has 1 aliphatic carbocycles. The van der Waals surface area contributed by atoms with E-state index in [4.69, 9.17) is 0 Å². The quantitative estimate of drug-likeness (QED) is 0.670. The summed E-state index contributed by atoms with van der Waals surface area (Å²) in [7, 11) is -2.96. The van der Waals surface area contributed by atoms with Crippen LogP contribution in [0.5, 0.6) is 0 Å². The number of hydrogen-bond acceptors (Lipinski definition) is 2. The highest BCUT2D eigenvalue weighted by atomic mass is 79.9. The van der Waals surface area contributed by atoms with Crippen LogP contribution in [-0.4, -0.2) is 36.4 Å². The topological polar surface area (TPSA) is 37.4 Å². The Morgan fingerprint density at radius 2 is 2.00 bits per heavy atom. The van der Waals surface area contributed by atoms with Gasteiger partial charge in [0.25, 0.3) is 0 Å². The summed E-state index contributed by atoms with van der Waals surface area (Å²) in [5.41, 5.74) is 0. The summed E-state index contributed by atoms with van der Waals surface area (Å²) in [6.07, 6.45) is 3.71. The third kappa shape index (κ3) is 3.21. The van der Waals surface area contributed by atoms with Crippen molar-refractivity contribution in [2.45, 2.75) is 37.9 Å². The molecule has 14 heavy (non-hydrogen) atoms. The van der Waals surface area contributed by atoms with Gasteiger partial charge in [-0.05, 0) is 19.3 Å². The minimum atomic E-state index is -2.96. The highest BCUT2D eigenvalue weighted by molar-refractivity contribution is 9.09. The van der Waals surface area contributed by atoms with Gasteiger partial charge in [0.15, 0.2) is 0 Å². The Balaban J connectivity index is 2.55. The zero-order chi connectivity index (χ0) is 10.6. The van der Waals surface area contributed by atoms with Crippen molar-refractivity contribution in [2.75, 3.05) is 18.4 Å². The SMILES string of the molecule is CCCCN(CCBr)S(=O)(=O)C1CC1. The number of hydrogen-bond donors (Lipinski definition) is 0. The zero-order valence-electron chi connectivity index (χ0n) is 8.58. The molecule has 0 aliphatic heterocycles. The zero-order valence-corrected chi connectivity index (χ0v) is 11.0. The summed E-state index contributed by atoms with van der Waals surface area (Å²) in [6, 6.07) is 0. The van der Waals surface area contributed by atoms with Crippen LogP contribution in [0.1, 0.15) is 32.6 Å². The summed E-state index contributed by atoms with van der Waals surface area (Å²) in [6.45, 7) is 3.37. The van der Waals surface area contributed by atoms with Crippen LogP contribution in [0.15, 0.2) is 0 Å². The molecular formula is C9H18BrNO2S. The summed E-state index contributed by atoms with van der Waals surface area (Å²) in [5.74, 6) is 0. The van der Waals surface area contributed by atoms with Crippen LogP contribution in [0.3, 0.4) is 0 Å². The lowest BCUT2D eigenvalue weighted by Crippen LogP contribution is -2.36. The van der Waals surface area contributed by atoms with Crippen molar-refractivity contribution in [3.63, 3.8) is 0 Å². The van der Waals surface area contributed by atoms with Crippen molar-refractivity contribution >= 4 is 26.0 Å². The molecule has 1 aliphatic rings. The van der Waals surface area contributed by atoms with Gasteiger partial charge in [0.2, 0.25) is 10.0 Å². The molecular weight excluding hydrogens is 266 g/mol. The third-order valence-corrected chi connectivity index (χ3v) is 5.15. The van der Waals surface area contributed by atoms with Gasteiger partial charge < -0.3 is 0 Å². The first-order chi connectivity index (χ1) is 6.62. The van der Waals surface area contributed by atoms with Crippen LogP contribution >= 0.6 is 15.9 Å². The first kappa shape index (κ1) is 12.5. The highest BCUT2D eigenvalue weighted by Crippen LogP contribution is 2.31. The normalized spacial score (nSPS) is 17.6. The Labute approximate surface area is 95.0 Å². The molecule has 84 valence electrons. The van der Waals surface area contributed by atoms with Gasteiger partial charge in [-0.3, -0.25) is 0 Å². The molecule has 0 saturated heterocycles. The largest absolute Gasteiger partial charge is 0.217 e. The molecule has 5 heteroatoms. The van der Waals surface area contributed by atoms with E-state index in [1.54, 1.807) is 4.31 Å². The monoisotopic (exact) mass is 283 g/mol. The number of alkyl halides is 1. The number of unbranched alkanes of at least 4 members (excludes halogenated alkanes) is 1. The molecule has 0 bridgehead atoms. The van der Waals surface area contributed by atoms with Crippen LogP contribution in [0.25, 0.3) is 0 Å². The van der Waals surface area contributed by atoms with E-state index in [0.29, 0.717) is 13.1 Å². The molecule has 1 fully saturated rings. The average Bonchev–Trinajstić information content (AvgIpc) is 2.94. The van der Waals surface area contributed by atoms with Crippen molar-refractivity contribution in [1.29, 1.82) is 0 Å². The average molecular weight is 284 g/mol. The Morgan fingerprint density at radius 3 is 2.43 bits per heavy atom. The Kier molecular flexibility index (Phi) is 4.87. The van der Waals surface area contributed by atoms with E-state index >= 15 is 0 Å². The molecule has 0 heterocycles. The van der Waals surface area contributed by atoms with E-state index in [0.717, 1.165) is 31.0 Å². The van der Waals surface area contributed by atoms with Gasteiger partial charge in [-0.25, -0.2) is 12.7 Å². The molecule has 0 aromatic carbocycles. The lowest BCUT2D eigenvalue weighted by molar-refractivity contribution is 0.421. The van der Waals surface area contributed by atoms with Crippen molar-refractivity contribution in [3.05, 3.63) is 0 Å². The molecule has 0 N–H and O–H groups in total. The van der Waals surface area contributed by atoms with Gasteiger partial charge in [0.05, 0.1) is 5.25 Å².